The van der Waals surface area contributed by atoms with Gasteiger partial charge in [0, 0.05) is 16.8 Å². The average molecular weight is 468 g/mol. The number of benzene rings is 2. The molecule has 2 aromatic carbocycles. The number of aryl methyl sites for hydroxylation is 1. The van der Waals surface area contributed by atoms with Crippen LogP contribution in [-0.2, 0) is 16.0 Å². The molecule has 3 aromatic rings. The van der Waals surface area contributed by atoms with Gasteiger partial charge < -0.3 is 0 Å². The number of nitrogens with zero attached hydrogens (tertiary/aromatic N) is 3. The first-order valence-corrected chi connectivity index (χ1v) is 11.2. The number of aliphatic imine (C=N–C) groups is 1. The topological polar surface area (TPSA) is 64.3 Å². The lowest BCUT2D eigenvalue weighted by Gasteiger charge is -2.31. The van der Waals surface area contributed by atoms with Crippen LogP contribution in [0.25, 0.3) is 0 Å². The number of halogens is 4. The first-order chi connectivity index (χ1) is 14.5. The van der Waals surface area contributed by atoms with E-state index in [1.807, 2.05) is 6.92 Å². The van der Waals surface area contributed by atoms with E-state index in [1.165, 1.54) is 19.1 Å². The van der Waals surface area contributed by atoms with E-state index in [9.17, 15) is 21.6 Å². The molecule has 1 aliphatic heterocycles. The van der Waals surface area contributed by atoms with E-state index < -0.39 is 33.0 Å². The molecule has 0 aliphatic carbocycles. The van der Waals surface area contributed by atoms with E-state index in [2.05, 4.69) is 10.1 Å². The Morgan fingerprint density at radius 2 is 1.61 bits per heavy atom. The van der Waals surface area contributed by atoms with E-state index in [4.69, 9.17) is 11.6 Å². The maximum atomic E-state index is 13.6. The van der Waals surface area contributed by atoms with Gasteiger partial charge in [-0.25, -0.2) is 18.1 Å². The molecule has 4 rings (SSSR count). The quantitative estimate of drug-likeness (QED) is 0.518. The summed E-state index contributed by atoms with van der Waals surface area (Å²) in [4.78, 5) is 4.23. The third kappa shape index (κ3) is 3.87. The van der Waals surface area contributed by atoms with Crippen molar-refractivity contribution in [2.24, 2.45) is 4.99 Å². The van der Waals surface area contributed by atoms with Crippen molar-refractivity contribution in [3.05, 3.63) is 76.4 Å². The van der Waals surface area contributed by atoms with Crippen molar-refractivity contribution in [2.45, 2.75) is 36.2 Å². The van der Waals surface area contributed by atoms with Crippen LogP contribution in [0.4, 0.5) is 19.0 Å². The molecule has 2 heterocycles. The standard InChI is InChI=1S/C21H17ClF3N3O2S/c1-12-3-9-16(10-4-12)31(29,30)20-13(2)26-18-11-17(21(23,24)25)27-28(18)19(20)14-5-7-15(22)8-6-14/h3-11,19-20H,1-2H3. The van der Waals surface area contributed by atoms with E-state index in [-0.39, 0.29) is 16.4 Å². The van der Waals surface area contributed by atoms with Gasteiger partial charge in [0.1, 0.15) is 11.3 Å². The SMILES string of the molecule is CC1=Nc2cc(C(F)(F)F)nn2C(c2ccc(Cl)cc2)C1S(=O)(=O)c1ccc(C)cc1. The Morgan fingerprint density at radius 1 is 1.00 bits per heavy atom. The molecule has 10 heteroatoms. The number of hydrogen-bond acceptors (Lipinski definition) is 4. The molecule has 5 nitrogen and oxygen atoms in total. The van der Waals surface area contributed by atoms with E-state index in [0.717, 1.165) is 16.3 Å². The van der Waals surface area contributed by atoms with Crippen molar-refractivity contribution in [1.82, 2.24) is 9.78 Å². The van der Waals surface area contributed by atoms with Crippen molar-refractivity contribution in [2.75, 3.05) is 0 Å². The molecule has 0 bridgehead atoms. The Bertz CT molecular complexity index is 1260. The van der Waals surface area contributed by atoms with Gasteiger partial charge >= 0.3 is 6.18 Å². The first-order valence-electron chi connectivity index (χ1n) is 9.26. The first kappa shape index (κ1) is 21.6. The summed E-state index contributed by atoms with van der Waals surface area (Å²) in [5.74, 6) is -0.0554. The van der Waals surface area contributed by atoms with Gasteiger partial charge in [-0.1, -0.05) is 41.4 Å². The monoisotopic (exact) mass is 467 g/mol. The van der Waals surface area contributed by atoms with Crippen molar-refractivity contribution in [3.63, 3.8) is 0 Å². The Hall–Kier alpha value is -2.65. The molecule has 31 heavy (non-hydrogen) atoms. The summed E-state index contributed by atoms with van der Waals surface area (Å²) in [5, 5.41) is 2.87. The van der Waals surface area contributed by atoms with Crippen molar-refractivity contribution >= 4 is 33.0 Å². The van der Waals surface area contributed by atoms with Gasteiger partial charge in [0.05, 0.1) is 4.90 Å². The highest BCUT2D eigenvalue weighted by molar-refractivity contribution is 7.92. The summed E-state index contributed by atoms with van der Waals surface area (Å²) >= 11 is 5.97. The van der Waals surface area contributed by atoms with Crippen LogP contribution in [-0.4, -0.2) is 29.2 Å². The summed E-state index contributed by atoms with van der Waals surface area (Å²) in [6.07, 6.45) is -4.69. The summed E-state index contributed by atoms with van der Waals surface area (Å²) in [6.45, 7) is 3.33. The molecule has 1 aliphatic rings. The van der Waals surface area contributed by atoms with Crippen molar-refractivity contribution in [1.29, 1.82) is 0 Å². The Morgan fingerprint density at radius 3 is 2.19 bits per heavy atom. The third-order valence-corrected chi connectivity index (χ3v) is 7.60. The molecule has 0 saturated heterocycles. The third-order valence-electron chi connectivity index (χ3n) is 5.15. The predicted octanol–water partition coefficient (Wildman–Crippen LogP) is 5.40. The highest BCUT2D eigenvalue weighted by atomic mass is 35.5. The van der Waals surface area contributed by atoms with Crippen LogP contribution in [0, 0.1) is 6.92 Å². The van der Waals surface area contributed by atoms with Crippen LogP contribution in [0.5, 0.6) is 0 Å². The van der Waals surface area contributed by atoms with Gasteiger partial charge in [-0.3, -0.25) is 0 Å². The number of alkyl halides is 3. The largest absolute Gasteiger partial charge is 0.435 e. The van der Waals surface area contributed by atoms with Gasteiger partial charge in [-0.15, -0.1) is 0 Å². The Labute approximate surface area is 182 Å². The van der Waals surface area contributed by atoms with Crippen LogP contribution < -0.4 is 0 Å². The lowest BCUT2D eigenvalue weighted by atomic mass is 10.00. The smallest absolute Gasteiger partial charge is 0.238 e. The highest BCUT2D eigenvalue weighted by Gasteiger charge is 2.45. The number of sulfone groups is 1. The molecule has 0 radical (unpaired) electrons. The zero-order chi connectivity index (χ0) is 22.6. The van der Waals surface area contributed by atoms with Gasteiger partial charge in [0.25, 0.3) is 0 Å². The molecule has 0 saturated carbocycles. The van der Waals surface area contributed by atoms with Crippen LogP contribution in [0.1, 0.15) is 29.8 Å². The molecular formula is C21H17ClF3N3O2S. The Balaban J connectivity index is 1.94. The number of hydrogen-bond donors (Lipinski definition) is 0. The number of rotatable bonds is 3. The zero-order valence-corrected chi connectivity index (χ0v) is 18.0. The minimum absolute atomic E-state index is 0.0554. The minimum atomic E-state index is -4.69. The predicted molar refractivity (Wildman–Crippen MR) is 112 cm³/mol. The lowest BCUT2D eigenvalue weighted by molar-refractivity contribution is -0.141. The fourth-order valence-corrected chi connectivity index (χ4v) is 5.71. The molecule has 2 atom stereocenters. The minimum Gasteiger partial charge on any atom is -0.238 e. The van der Waals surface area contributed by atoms with E-state index in [1.54, 1.807) is 36.4 Å². The van der Waals surface area contributed by atoms with Gasteiger partial charge in [0.2, 0.25) is 0 Å². The van der Waals surface area contributed by atoms with Crippen molar-refractivity contribution in [3.8, 4) is 0 Å². The molecule has 0 amide bonds. The summed E-state index contributed by atoms with van der Waals surface area (Å²) in [7, 11) is -4.01. The van der Waals surface area contributed by atoms with Gasteiger partial charge in [-0.05, 0) is 43.7 Å². The maximum absolute atomic E-state index is 13.6. The van der Waals surface area contributed by atoms with Gasteiger partial charge in [-0.2, -0.15) is 18.3 Å². The molecular weight excluding hydrogens is 451 g/mol. The van der Waals surface area contributed by atoms with Crippen LogP contribution in [0.2, 0.25) is 5.02 Å². The molecule has 0 spiro atoms. The Kier molecular flexibility index (Phi) is 5.21. The molecule has 162 valence electrons. The van der Waals surface area contributed by atoms with E-state index in [0.29, 0.717) is 10.6 Å². The van der Waals surface area contributed by atoms with Crippen LogP contribution in [0.3, 0.4) is 0 Å². The molecule has 2 unspecified atom stereocenters. The average Bonchev–Trinajstić information content (AvgIpc) is 3.12. The molecule has 0 N–H and O–H groups in total. The fourth-order valence-electron chi connectivity index (χ4n) is 3.66. The fraction of sp³-hybridized carbons (Fsp3) is 0.238. The second kappa shape index (κ2) is 7.49. The number of fused-ring (bicyclic) bond motifs is 1. The second-order valence-electron chi connectivity index (χ2n) is 7.36. The lowest BCUT2D eigenvalue weighted by Crippen LogP contribution is -2.41. The normalized spacial score (nSPS) is 19.1. The highest BCUT2D eigenvalue weighted by Crippen LogP contribution is 2.41. The zero-order valence-electron chi connectivity index (χ0n) is 16.4. The van der Waals surface area contributed by atoms with Crippen LogP contribution in [0.15, 0.2) is 64.5 Å². The molecule has 0 fully saturated rings. The summed E-state index contributed by atoms with van der Waals surface area (Å²) < 4.78 is 68.2. The van der Waals surface area contributed by atoms with Crippen molar-refractivity contribution < 1.29 is 21.6 Å². The second-order valence-corrected chi connectivity index (χ2v) is 9.86. The maximum Gasteiger partial charge on any atom is 0.435 e. The summed E-state index contributed by atoms with van der Waals surface area (Å²) in [5.41, 5.74) is 0.386. The number of aromatic nitrogens is 2. The molecule has 1 aromatic heterocycles. The van der Waals surface area contributed by atoms with E-state index >= 15 is 0 Å². The summed E-state index contributed by atoms with van der Waals surface area (Å²) in [6, 6.07) is 12.4. The van der Waals surface area contributed by atoms with Crippen LogP contribution >= 0.6 is 11.6 Å². The van der Waals surface area contributed by atoms with Gasteiger partial charge in [0.15, 0.2) is 21.3 Å².